The van der Waals surface area contributed by atoms with Gasteiger partial charge in [0.1, 0.15) is 6.04 Å². The molecule has 3 amide bonds. The topological polar surface area (TPSA) is 82.9 Å². The quantitative estimate of drug-likeness (QED) is 0.863. The molecule has 0 bridgehead atoms. The fourth-order valence-electron chi connectivity index (χ4n) is 4.15. The maximum Gasteiger partial charge on any atom is 0.290 e. The van der Waals surface area contributed by atoms with Gasteiger partial charge in [-0.05, 0) is 49.9 Å². The van der Waals surface area contributed by atoms with Gasteiger partial charge in [-0.2, -0.15) is 0 Å². The van der Waals surface area contributed by atoms with E-state index >= 15 is 0 Å². The molecule has 1 aromatic heterocycles. The van der Waals surface area contributed by atoms with E-state index in [1.54, 1.807) is 21.9 Å². The number of para-hydroxylation sites is 1. The van der Waals surface area contributed by atoms with Crippen molar-refractivity contribution in [2.24, 2.45) is 5.92 Å². The first-order valence-electron chi connectivity index (χ1n) is 10.1. The van der Waals surface area contributed by atoms with E-state index in [0.717, 1.165) is 12.1 Å². The van der Waals surface area contributed by atoms with Crippen LogP contribution in [0, 0.1) is 5.92 Å². The van der Waals surface area contributed by atoms with Crippen LogP contribution in [0.15, 0.2) is 53.1 Å². The summed E-state index contributed by atoms with van der Waals surface area (Å²) in [6.45, 7) is 1.63. The Morgan fingerprint density at radius 2 is 1.69 bits per heavy atom. The molecule has 0 radical (unpaired) electrons. The second-order valence-electron chi connectivity index (χ2n) is 7.59. The molecule has 7 heteroatoms. The second-order valence-corrected chi connectivity index (χ2v) is 7.59. The minimum Gasteiger partial charge on any atom is -0.459 e. The summed E-state index contributed by atoms with van der Waals surface area (Å²) in [5.74, 6) is -0.101. The van der Waals surface area contributed by atoms with Crippen molar-refractivity contribution in [1.29, 1.82) is 0 Å². The number of carbonyl (C=O) groups excluding carboxylic acids is 3. The Morgan fingerprint density at radius 1 is 0.931 bits per heavy atom. The molecule has 1 atom stereocenters. The van der Waals surface area contributed by atoms with Crippen LogP contribution in [-0.2, 0) is 9.59 Å². The number of nitrogens with one attached hydrogen (secondary N) is 1. The first kappa shape index (κ1) is 19.2. The number of carbonyl (C=O) groups is 3. The van der Waals surface area contributed by atoms with Gasteiger partial charge in [-0.1, -0.05) is 18.2 Å². The summed E-state index contributed by atoms with van der Waals surface area (Å²) in [5, 5.41) is 2.94. The molecule has 29 heavy (non-hydrogen) atoms. The standard InChI is InChI=1S/C22H25N3O4/c26-20(23-17-6-2-1-3-7-17)16-10-13-24(14-11-16)21(27)18-8-4-12-25(18)22(28)19-9-5-15-29-19/h1-3,5-7,9,15-16,18H,4,8,10-14H2,(H,23,26)/t18-/m0/s1. The number of benzene rings is 1. The Bertz CT molecular complexity index is 857. The van der Waals surface area contributed by atoms with Gasteiger partial charge < -0.3 is 19.5 Å². The molecule has 2 aromatic rings. The number of hydrogen-bond donors (Lipinski definition) is 1. The minimum atomic E-state index is -0.442. The van der Waals surface area contributed by atoms with Gasteiger partial charge in [-0.15, -0.1) is 0 Å². The van der Waals surface area contributed by atoms with E-state index in [2.05, 4.69) is 5.32 Å². The van der Waals surface area contributed by atoms with Gasteiger partial charge in [0.05, 0.1) is 6.26 Å². The largest absolute Gasteiger partial charge is 0.459 e. The monoisotopic (exact) mass is 395 g/mol. The molecule has 0 aliphatic carbocycles. The van der Waals surface area contributed by atoms with E-state index in [-0.39, 0.29) is 29.4 Å². The third kappa shape index (κ3) is 4.18. The number of furan rings is 1. The van der Waals surface area contributed by atoms with Crippen molar-refractivity contribution in [2.75, 3.05) is 25.0 Å². The maximum atomic E-state index is 13.1. The highest BCUT2D eigenvalue weighted by Crippen LogP contribution is 2.25. The molecule has 1 aromatic carbocycles. The molecule has 0 unspecified atom stereocenters. The van der Waals surface area contributed by atoms with Crippen LogP contribution in [0.1, 0.15) is 36.2 Å². The number of hydrogen-bond acceptors (Lipinski definition) is 4. The summed E-state index contributed by atoms with van der Waals surface area (Å²) in [6, 6.07) is 12.3. The number of anilines is 1. The third-order valence-electron chi connectivity index (χ3n) is 5.75. The van der Waals surface area contributed by atoms with E-state index in [9.17, 15) is 14.4 Å². The molecule has 3 heterocycles. The first-order valence-corrected chi connectivity index (χ1v) is 10.1. The fraction of sp³-hybridized carbons (Fsp3) is 0.409. The smallest absolute Gasteiger partial charge is 0.290 e. The molecule has 2 saturated heterocycles. The molecular weight excluding hydrogens is 370 g/mol. The van der Waals surface area contributed by atoms with Crippen molar-refractivity contribution in [2.45, 2.75) is 31.7 Å². The zero-order valence-electron chi connectivity index (χ0n) is 16.3. The van der Waals surface area contributed by atoms with Crippen LogP contribution in [0.5, 0.6) is 0 Å². The van der Waals surface area contributed by atoms with Gasteiger partial charge in [-0.25, -0.2) is 0 Å². The molecule has 7 nitrogen and oxygen atoms in total. The molecule has 1 N–H and O–H groups in total. The summed E-state index contributed by atoms with van der Waals surface area (Å²) < 4.78 is 5.21. The molecule has 2 aliphatic heterocycles. The Balaban J connectivity index is 1.32. The maximum absolute atomic E-state index is 13.1. The van der Waals surface area contributed by atoms with Gasteiger partial charge in [0.25, 0.3) is 5.91 Å². The van der Waals surface area contributed by atoms with Crippen LogP contribution in [0.2, 0.25) is 0 Å². The predicted octanol–water partition coefficient (Wildman–Crippen LogP) is 2.76. The van der Waals surface area contributed by atoms with Gasteiger partial charge in [-0.3, -0.25) is 14.4 Å². The van der Waals surface area contributed by atoms with Gasteiger partial charge in [0.2, 0.25) is 11.8 Å². The molecule has 0 saturated carbocycles. The van der Waals surface area contributed by atoms with Crippen molar-refractivity contribution in [3.8, 4) is 0 Å². The van der Waals surface area contributed by atoms with Gasteiger partial charge >= 0.3 is 0 Å². The van der Waals surface area contributed by atoms with Crippen LogP contribution in [0.25, 0.3) is 0 Å². The van der Waals surface area contributed by atoms with Crippen LogP contribution >= 0.6 is 0 Å². The molecule has 2 fully saturated rings. The van der Waals surface area contributed by atoms with Crippen molar-refractivity contribution < 1.29 is 18.8 Å². The summed E-state index contributed by atoms with van der Waals surface area (Å²) >= 11 is 0. The number of piperidine rings is 1. The van der Waals surface area contributed by atoms with Gasteiger partial charge in [0.15, 0.2) is 5.76 Å². The van der Waals surface area contributed by atoms with E-state index in [4.69, 9.17) is 4.42 Å². The Hall–Kier alpha value is -3.09. The predicted molar refractivity (Wildman–Crippen MR) is 107 cm³/mol. The lowest BCUT2D eigenvalue weighted by Gasteiger charge is -2.35. The summed E-state index contributed by atoms with van der Waals surface area (Å²) in [5.41, 5.74) is 0.786. The fourth-order valence-corrected chi connectivity index (χ4v) is 4.15. The van der Waals surface area contributed by atoms with Crippen molar-refractivity contribution in [3.05, 3.63) is 54.5 Å². The third-order valence-corrected chi connectivity index (χ3v) is 5.75. The highest BCUT2D eigenvalue weighted by Gasteiger charge is 2.39. The molecular formula is C22H25N3O4. The van der Waals surface area contributed by atoms with Crippen LogP contribution < -0.4 is 5.32 Å². The van der Waals surface area contributed by atoms with Crippen LogP contribution in [0.4, 0.5) is 5.69 Å². The summed E-state index contributed by atoms with van der Waals surface area (Å²) in [4.78, 5) is 41.6. The Labute approximate surface area is 169 Å². The number of nitrogens with zero attached hydrogens (tertiary/aromatic N) is 2. The van der Waals surface area contributed by atoms with Gasteiger partial charge in [0, 0.05) is 31.2 Å². The molecule has 0 spiro atoms. The first-order chi connectivity index (χ1) is 14.1. The van der Waals surface area contributed by atoms with Crippen LogP contribution in [-0.4, -0.2) is 53.2 Å². The van der Waals surface area contributed by atoms with E-state index in [1.807, 2.05) is 30.3 Å². The summed E-state index contributed by atoms with van der Waals surface area (Å²) in [7, 11) is 0. The number of amides is 3. The molecule has 152 valence electrons. The number of likely N-dealkylation sites (tertiary alicyclic amines) is 2. The highest BCUT2D eigenvalue weighted by atomic mass is 16.3. The van der Waals surface area contributed by atoms with Crippen molar-refractivity contribution in [1.82, 2.24) is 9.80 Å². The normalized spacial score (nSPS) is 19.9. The highest BCUT2D eigenvalue weighted by molar-refractivity contribution is 5.96. The molecule has 4 rings (SSSR count). The zero-order chi connectivity index (χ0) is 20.2. The second kappa shape index (κ2) is 8.51. The average molecular weight is 395 g/mol. The Morgan fingerprint density at radius 3 is 2.38 bits per heavy atom. The zero-order valence-corrected chi connectivity index (χ0v) is 16.3. The summed E-state index contributed by atoms with van der Waals surface area (Å²) in [6.07, 6.45) is 4.19. The lowest BCUT2D eigenvalue weighted by Crippen LogP contribution is -2.50. The lowest BCUT2D eigenvalue weighted by molar-refractivity contribution is -0.138. The van der Waals surface area contributed by atoms with E-state index < -0.39 is 6.04 Å². The average Bonchev–Trinajstić information content (AvgIpc) is 3.46. The molecule has 2 aliphatic rings. The Kier molecular flexibility index (Phi) is 5.64. The number of rotatable bonds is 4. The van der Waals surface area contributed by atoms with Crippen LogP contribution in [0.3, 0.4) is 0 Å². The minimum absolute atomic E-state index is 0.00112. The van der Waals surface area contributed by atoms with Crippen molar-refractivity contribution >= 4 is 23.4 Å². The van der Waals surface area contributed by atoms with E-state index in [0.29, 0.717) is 38.9 Å². The SMILES string of the molecule is O=C(Nc1ccccc1)C1CCN(C(=O)[C@@H]2CCCN2C(=O)c2ccco2)CC1. The van der Waals surface area contributed by atoms with Crippen molar-refractivity contribution in [3.63, 3.8) is 0 Å². The lowest BCUT2D eigenvalue weighted by atomic mass is 9.95. The van der Waals surface area contributed by atoms with E-state index in [1.165, 1.54) is 6.26 Å².